The highest BCUT2D eigenvalue weighted by atomic mass is 16.5. The Morgan fingerprint density at radius 3 is 2.70 bits per heavy atom. The van der Waals surface area contributed by atoms with Gasteiger partial charge < -0.3 is 24.1 Å². The molecular formula is C19H18N2O6. The Morgan fingerprint density at radius 2 is 2.00 bits per heavy atom. The van der Waals surface area contributed by atoms with Gasteiger partial charge in [-0.25, -0.2) is 4.79 Å². The molecule has 8 nitrogen and oxygen atoms in total. The topological polar surface area (TPSA) is 111 Å². The summed E-state index contributed by atoms with van der Waals surface area (Å²) in [6, 6.07) is 7.63. The normalized spacial score (nSPS) is 10.8. The number of fused-ring (bicyclic) bond motifs is 1. The molecule has 0 saturated carbocycles. The first-order chi connectivity index (χ1) is 12.8. The van der Waals surface area contributed by atoms with Gasteiger partial charge in [0.05, 0.1) is 19.3 Å². The largest absolute Gasteiger partial charge is 0.503 e. The third kappa shape index (κ3) is 3.41. The van der Waals surface area contributed by atoms with E-state index in [9.17, 15) is 19.5 Å². The van der Waals surface area contributed by atoms with Crippen LogP contribution < -0.4 is 21.1 Å². The van der Waals surface area contributed by atoms with Crippen molar-refractivity contribution in [1.29, 1.82) is 0 Å². The first-order valence-electron chi connectivity index (χ1n) is 8.10. The van der Waals surface area contributed by atoms with Gasteiger partial charge in [0.15, 0.2) is 5.75 Å². The number of hydrogen-bond acceptors (Lipinski definition) is 6. The van der Waals surface area contributed by atoms with E-state index >= 15 is 0 Å². The molecule has 0 spiro atoms. The number of nitrogens with one attached hydrogen (secondary N) is 1. The molecule has 140 valence electrons. The van der Waals surface area contributed by atoms with Gasteiger partial charge in [0.1, 0.15) is 16.9 Å². The number of hydrogen-bond donors (Lipinski definition) is 2. The van der Waals surface area contributed by atoms with Crippen LogP contribution in [0.25, 0.3) is 11.0 Å². The predicted octanol–water partition coefficient (Wildman–Crippen LogP) is 1.44. The molecule has 1 amide bonds. The van der Waals surface area contributed by atoms with Crippen LogP contribution in [0.4, 0.5) is 0 Å². The Bertz CT molecular complexity index is 1160. The number of aryl methyl sites for hydroxylation is 1. The fraction of sp³-hybridized carbons (Fsp3) is 0.211. The van der Waals surface area contributed by atoms with Crippen LogP contribution in [0, 0.1) is 6.92 Å². The lowest BCUT2D eigenvalue weighted by molar-refractivity contribution is 0.0946. The molecule has 0 bridgehead atoms. The van der Waals surface area contributed by atoms with Gasteiger partial charge in [0, 0.05) is 30.3 Å². The lowest BCUT2D eigenvalue weighted by atomic mass is 10.1. The van der Waals surface area contributed by atoms with Crippen molar-refractivity contribution in [1.82, 2.24) is 9.88 Å². The molecule has 0 aliphatic rings. The lowest BCUT2D eigenvalue weighted by Gasteiger charge is -2.14. The molecule has 2 aromatic heterocycles. The summed E-state index contributed by atoms with van der Waals surface area (Å²) in [6.07, 6.45) is 0. The second-order valence-corrected chi connectivity index (χ2v) is 6.04. The Labute approximate surface area is 153 Å². The summed E-state index contributed by atoms with van der Waals surface area (Å²) < 4.78 is 11.9. The van der Waals surface area contributed by atoms with Gasteiger partial charge in [-0.2, -0.15) is 0 Å². The van der Waals surface area contributed by atoms with Gasteiger partial charge in [0.2, 0.25) is 5.43 Å². The maximum Gasteiger partial charge on any atom is 0.349 e. The first kappa shape index (κ1) is 18.2. The number of carbonyl (C=O) groups excluding carboxylic acids is 1. The molecule has 3 aromatic rings. The van der Waals surface area contributed by atoms with E-state index in [2.05, 4.69) is 5.32 Å². The minimum Gasteiger partial charge on any atom is -0.503 e. The van der Waals surface area contributed by atoms with Crippen molar-refractivity contribution in [3.63, 3.8) is 0 Å². The van der Waals surface area contributed by atoms with Crippen molar-refractivity contribution in [2.24, 2.45) is 7.05 Å². The number of aromatic nitrogens is 1. The summed E-state index contributed by atoms with van der Waals surface area (Å²) in [5.41, 5.74) is -0.339. The van der Waals surface area contributed by atoms with Crippen LogP contribution in [0.1, 0.15) is 21.7 Å². The van der Waals surface area contributed by atoms with Crippen LogP contribution in [0.3, 0.4) is 0 Å². The van der Waals surface area contributed by atoms with Gasteiger partial charge in [-0.1, -0.05) is 0 Å². The molecule has 0 radical (unpaired) electrons. The molecule has 2 N–H and O–H groups in total. The van der Waals surface area contributed by atoms with Crippen LogP contribution in [-0.4, -0.2) is 22.7 Å². The van der Waals surface area contributed by atoms with E-state index in [1.807, 2.05) is 0 Å². The minimum atomic E-state index is -0.796. The van der Waals surface area contributed by atoms with Crippen molar-refractivity contribution >= 4 is 16.9 Å². The van der Waals surface area contributed by atoms with E-state index in [0.717, 1.165) is 0 Å². The first-order valence-corrected chi connectivity index (χ1v) is 8.10. The Balaban J connectivity index is 1.90. The lowest BCUT2D eigenvalue weighted by Crippen LogP contribution is -2.29. The summed E-state index contributed by atoms with van der Waals surface area (Å²) in [4.78, 5) is 36.3. The van der Waals surface area contributed by atoms with E-state index in [0.29, 0.717) is 22.4 Å². The highest BCUT2D eigenvalue weighted by Gasteiger charge is 2.16. The van der Waals surface area contributed by atoms with Gasteiger partial charge >= 0.3 is 5.63 Å². The van der Waals surface area contributed by atoms with Crippen LogP contribution in [0.5, 0.6) is 11.5 Å². The Hall–Kier alpha value is -3.55. The van der Waals surface area contributed by atoms with E-state index in [1.165, 1.54) is 19.2 Å². The Morgan fingerprint density at radius 1 is 1.26 bits per heavy atom. The van der Waals surface area contributed by atoms with Crippen molar-refractivity contribution in [2.75, 3.05) is 7.11 Å². The molecule has 0 aliphatic carbocycles. The summed E-state index contributed by atoms with van der Waals surface area (Å²) in [7, 11) is 3.16. The second kappa shape index (κ2) is 6.99. The quantitative estimate of drug-likeness (QED) is 0.673. The number of nitrogens with zero attached hydrogens (tertiary/aromatic N) is 1. The van der Waals surface area contributed by atoms with Gasteiger partial charge in [0.25, 0.3) is 5.91 Å². The van der Waals surface area contributed by atoms with Crippen molar-refractivity contribution < 1.29 is 19.1 Å². The zero-order valence-corrected chi connectivity index (χ0v) is 15.0. The van der Waals surface area contributed by atoms with Crippen molar-refractivity contribution in [3.05, 3.63) is 67.9 Å². The highest BCUT2D eigenvalue weighted by molar-refractivity contribution is 5.96. The Kier molecular flexibility index (Phi) is 4.72. The van der Waals surface area contributed by atoms with Crippen molar-refractivity contribution in [2.45, 2.75) is 13.5 Å². The van der Waals surface area contributed by atoms with Gasteiger partial charge in [-0.05, 0) is 25.1 Å². The number of carbonyl (C=O) groups is 1. The molecule has 2 heterocycles. The zero-order valence-electron chi connectivity index (χ0n) is 15.0. The van der Waals surface area contributed by atoms with Crippen LogP contribution in [0.15, 0.2) is 44.3 Å². The highest BCUT2D eigenvalue weighted by Crippen LogP contribution is 2.20. The zero-order chi connectivity index (χ0) is 19.7. The molecular weight excluding hydrogens is 352 g/mol. The smallest absolute Gasteiger partial charge is 0.349 e. The monoisotopic (exact) mass is 370 g/mol. The number of benzene rings is 1. The average molecular weight is 370 g/mol. The van der Waals surface area contributed by atoms with E-state index < -0.39 is 22.7 Å². The number of rotatable bonds is 4. The summed E-state index contributed by atoms with van der Waals surface area (Å²) in [5, 5.41) is 13.1. The number of pyridine rings is 1. The number of amides is 1. The predicted molar refractivity (Wildman–Crippen MR) is 98.3 cm³/mol. The van der Waals surface area contributed by atoms with Crippen molar-refractivity contribution in [3.8, 4) is 11.5 Å². The maximum atomic E-state index is 12.4. The molecule has 0 atom stereocenters. The van der Waals surface area contributed by atoms with Crippen LogP contribution in [-0.2, 0) is 13.6 Å². The second-order valence-electron chi connectivity index (χ2n) is 6.04. The molecule has 3 rings (SSSR count). The minimum absolute atomic E-state index is 0.127. The number of aromatic hydroxyl groups is 1. The molecule has 1 aromatic carbocycles. The fourth-order valence-corrected chi connectivity index (χ4v) is 2.71. The maximum absolute atomic E-state index is 12.4. The number of ether oxygens (including phenoxy) is 1. The molecule has 27 heavy (non-hydrogen) atoms. The third-order valence-corrected chi connectivity index (χ3v) is 4.38. The third-order valence-electron chi connectivity index (χ3n) is 4.38. The summed E-state index contributed by atoms with van der Waals surface area (Å²) in [6.45, 7) is 1.58. The molecule has 8 heteroatoms. The summed E-state index contributed by atoms with van der Waals surface area (Å²) >= 11 is 0. The molecule has 0 unspecified atom stereocenters. The van der Waals surface area contributed by atoms with Gasteiger partial charge in [-0.15, -0.1) is 0 Å². The van der Waals surface area contributed by atoms with E-state index in [-0.39, 0.29) is 17.8 Å². The summed E-state index contributed by atoms with van der Waals surface area (Å²) in [5.74, 6) is -0.588. The van der Waals surface area contributed by atoms with Crippen LogP contribution in [0.2, 0.25) is 0 Å². The van der Waals surface area contributed by atoms with E-state index in [1.54, 1.807) is 36.7 Å². The molecule has 0 saturated heterocycles. The van der Waals surface area contributed by atoms with Crippen LogP contribution >= 0.6 is 0 Å². The SMILES string of the molecule is COc1ccc2cc(C(=O)NCc3c(O)c(=O)cc(C)n3C)c(=O)oc2c1. The molecule has 0 aliphatic heterocycles. The van der Waals surface area contributed by atoms with E-state index in [4.69, 9.17) is 9.15 Å². The average Bonchev–Trinajstić information content (AvgIpc) is 2.65. The fourth-order valence-electron chi connectivity index (χ4n) is 2.71. The van der Waals surface area contributed by atoms with Gasteiger partial charge in [-0.3, -0.25) is 9.59 Å². The molecule has 0 fully saturated rings. The number of methoxy groups -OCH3 is 1. The standard InChI is InChI=1S/C19H18N2O6/c1-10-6-15(22)17(23)14(21(10)2)9-20-18(24)13-7-11-4-5-12(26-3)8-16(11)27-19(13)25/h4-8,23H,9H2,1-3H3,(H,20,24).